The van der Waals surface area contributed by atoms with Gasteiger partial charge >= 0.3 is 6.18 Å². The number of benzene rings is 1. The van der Waals surface area contributed by atoms with Crippen LogP contribution in [-0.2, 0) is 21.4 Å². The van der Waals surface area contributed by atoms with Crippen molar-refractivity contribution in [3.05, 3.63) is 65.6 Å². The van der Waals surface area contributed by atoms with Gasteiger partial charge in [-0.2, -0.15) is 17.5 Å². The molecule has 39 heavy (non-hydrogen) atoms. The van der Waals surface area contributed by atoms with Gasteiger partial charge in [-0.1, -0.05) is 0 Å². The highest BCUT2D eigenvalue weighted by Crippen LogP contribution is 2.56. The van der Waals surface area contributed by atoms with Crippen LogP contribution in [0.25, 0.3) is 5.57 Å². The number of fused-ring (bicyclic) bond motifs is 1. The molecule has 5 rings (SSSR count). The largest absolute Gasteiger partial charge is 0.451 e. The van der Waals surface area contributed by atoms with Crippen LogP contribution in [0, 0.1) is 17.6 Å². The Morgan fingerprint density at radius 2 is 1.90 bits per heavy atom. The lowest BCUT2D eigenvalue weighted by atomic mass is 9.73. The highest BCUT2D eigenvalue weighted by molar-refractivity contribution is 7.89. The Morgan fingerprint density at radius 1 is 1.26 bits per heavy atom. The van der Waals surface area contributed by atoms with E-state index in [9.17, 15) is 35.2 Å². The number of nitrogens with one attached hydrogen (secondary N) is 1. The number of aliphatic imine (C=N–C) groups is 2. The topological polar surface area (TPSA) is 104 Å². The zero-order chi connectivity index (χ0) is 28.8. The van der Waals surface area contributed by atoms with E-state index in [4.69, 9.17) is 0 Å². The van der Waals surface area contributed by atoms with Gasteiger partial charge < -0.3 is 5.32 Å². The average Bonchev–Trinajstić information content (AvgIpc) is 3.32. The molecule has 14 heteroatoms. The number of amides is 1. The molecule has 1 atom stereocenters. The molecule has 1 aromatic carbocycles. The maximum Gasteiger partial charge on any atom is 0.451 e. The summed E-state index contributed by atoms with van der Waals surface area (Å²) >= 11 is 0. The Labute approximate surface area is 221 Å². The molecule has 3 heterocycles. The summed E-state index contributed by atoms with van der Waals surface area (Å²) in [6.45, 7) is 5.71. The van der Waals surface area contributed by atoms with E-state index < -0.39 is 51.2 Å². The first-order chi connectivity index (χ1) is 18.2. The van der Waals surface area contributed by atoms with Gasteiger partial charge in [-0.05, 0) is 75.2 Å². The second kappa shape index (κ2) is 10.2. The van der Waals surface area contributed by atoms with Crippen molar-refractivity contribution in [1.29, 1.82) is 0 Å². The van der Waals surface area contributed by atoms with Crippen molar-refractivity contribution in [3.63, 3.8) is 0 Å². The molecule has 3 fully saturated rings. The van der Waals surface area contributed by atoms with Gasteiger partial charge in [0, 0.05) is 17.3 Å². The molecule has 1 amide bonds. The van der Waals surface area contributed by atoms with Crippen molar-refractivity contribution in [1.82, 2.24) is 14.6 Å². The van der Waals surface area contributed by atoms with Crippen LogP contribution in [0.5, 0.6) is 0 Å². The fourth-order valence-corrected chi connectivity index (χ4v) is 7.08. The summed E-state index contributed by atoms with van der Waals surface area (Å²) in [5.74, 6) is -3.71. The van der Waals surface area contributed by atoms with E-state index in [1.807, 2.05) is 0 Å². The number of carbonyl (C=O) groups is 1. The van der Waals surface area contributed by atoms with E-state index in [1.165, 1.54) is 17.3 Å². The first-order valence-corrected chi connectivity index (χ1v) is 13.1. The van der Waals surface area contributed by atoms with Crippen LogP contribution >= 0.6 is 0 Å². The molecule has 1 saturated carbocycles. The number of pyridine rings is 1. The molecule has 1 N–H and O–H groups in total. The normalized spacial score (nSPS) is 23.9. The molecule has 1 aromatic heterocycles. The number of carbonyl (C=O) groups excluding carboxylic acids is 1. The number of rotatable bonds is 7. The number of halogens is 5. The molecule has 8 nitrogen and oxygen atoms in total. The zero-order valence-electron chi connectivity index (χ0n) is 20.8. The highest BCUT2D eigenvalue weighted by atomic mass is 32.2. The lowest BCUT2D eigenvalue weighted by molar-refractivity contribution is -0.124. The van der Waals surface area contributed by atoms with Crippen molar-refractivity contribution in [2.75, 3.05) is 0 Å². The summed E-state index contributed by atoms with van der Waals surface area (Å²) < 4.78 is 94.2. The van der Waals surface area contributed by atoms with Crippen LogP contribution in [0.1, 0.15) is 37.9 Å². The van der Waals surface area contributed by atoms with Crippen molar-refractivity contribution < 1.29 is 35.2 Å². The molecule has 1 aliphatic carbocycles. The quantitative estimate of drug-likeness (QED) is 0.306. The van der Waals surface area contributed by atoms with Gasteiger partial charge in [0.05, 0.1) is 23.3 Å². The number of amidine groups is 1. The molecule has 0 radical (unpaired) electrons. The van der Waals surface area contributed by atoms with Gasteiger partial charge in [-0.25, -0.2) is 27.2 Å². The van der Waals surface area contributed by atoms with E-state index in [-0.39, 0.29) is 34.2 Å². The minimum absolute atomic E-state index is 0.0361. The van der Waals surface area contributed by atoms with Crippen LogP contribution in [-0.4, -0.2) is 53.9 Å². The molecule has 0 spiro atoms. The van der Waals surface area contributed by atoms with Gasteiger partial charge in [0.1, 0.15) is 17.7 Å². The van der Waals surface area contributed by atoms with Crippen LogP contribution in [0.4, 0.5) is 22.0 Å². The fourth-order valence-electron chi connectivity index (χ4n) is 5.07. The van der Waals surface area contributed by atoms with Crippen LogP contribution in [0.15, 0.2) is 57.6 Å². The summed E-state index contributed by atoms with van der Waals surface area (Å²) in [5.41, 5.74) is -0.647. The smallest absolute Gasteiger partial charge is 0.349 e. The summed E-state index contributed by atoms with van der Waals surface area (Å²) in [4.78, 5) is 23.0. The first kappa shape index (κ1) is 28.5. The lowest BCUT2D eigenvalue weighted by Gasteiger charge is -2.37. The molecular weight excluding hydrogens is 545 g/mol. The van der Waals surface area contributed by atoms with Crippen LogP contribution in [0.3, 0.4) is 0 Å². The predicted molar refractivity (Wildman–Crippen MR) is 133 cm³/mol. The number of aromatic nitrogens is 1. The lowest BCUT2D eigenvalue weighted by Crippen LogP contribution is -2.50. The molecule has 3 aliphatic rings. The van der Waals surface area contributed by atoms with E-state index in [1.54, 1.807) is 6.92 Å². The van der Waals surface area contributed by atoms with Crippen molar-refractivity contribution in [2.45, 2.75) is 55.9 Å². The average molecular weight is 570 g/mol. The number of hydrogen-bond donors (Lipinski definition) is 1. The van der Waals surface area contributed by atoms with Crippen molar-refractivity contribution in [3.8, 4) is 0 Å². The highest BCUT2D eigenvalue weighted by Gasteiger charge is 2.65. The molecule has 2 saturated heterocycles. The third-order valence-corrected chi connectivity index (χ3v) is 8.89. The fraction of sp³-hybridized carbons (Fsp3) is 0.360. The Morgan fingerprint density at radius 3 is 2.49 bits per heavy atom. The van der Waals surface area contributed by atoms with Crippen molar-refractivity contribution >= 4 is 34.1 Å². The zero-order valence-corrected chi connectivity index (χ0v) is 21.7. The second-order valence-corrected chi connectivity index (χ2v) is 11.5. The van der Waals surface area contributed by atoms with Gasteiger partial charge in [0.25, 0.3) is 0 Å². The van der Waals surface area contributed by atoms with E-state index >= 15 is 0 Å². The molecule has 2 aromatic rings. The van der Waals surface area contributed by atoms with Gasteiger partial charge in [-0.3, -0.25) is 9.78 Å². The Kier molecular flexibility index (Phi) is 7.47. The van der Waals surface area contributed by atoms with E-state index in [2.05, 4.69) is 27.0 Å². The van der Waals surface area contributed by atoms with Crippen LogP contribution < -0.4 is 5.32 Å². The van der Waals surface area contributed by atoms with Gasteiger partial charge in [0.15, 0.2) is 0 Å². The second-order valence-electron chi connectivity index (χ2n) is 9.66. The minimum atomic E-state index is -4.83. The first-order valence-electron chi connectivity index (χ1n) is 11.7. The standard InChI is InChI=1S/C25H24F5N5O3S/c1-14(11-34-23(31-3)25(28,29)30)19-8-17(32-13-20(19)27)12-33-22(36)21-15-9-24(2,10-15)35(21)39(37,38)18-6-4-16(26)5-7-18/h4-8,11,13,15,21H,3,9-10,12H2,1-2H3,(H,33,36)/b14-11+,34-23-/t15?,21-,24?/m0/s1. The maximum atomic E-state index is 14.4. The minimum Gasteiger partial charge on any atom is -0.349 e. The summed E-state index contributed by atoms with van der Waals surface area (Å²) in [7, 11) is -4.12. The number of hydrogen-bond acceptors (Lipinski definition) is 5. The Balaban J connectivity index is 1.52. The third-order valence-electron chi connectivity index (χ3n) is 6.84. The molecule has 208 valence electrons. The number of alkyl halides is 3. The molecule has 0 unspecified atom stereocenters. The van der Waals surface area contributed by atoms with Crippen molar-refractivity contribution in [2.24, 2.45) is 15.9 Å². The molecule has 2 aliphatic heterocycles. The van der Waals surface area contributed by atoms with E-state index in [0.717, 1.165) is 36.7 Å². The van der Waals surface area contributed by atoms with Crippen LogP contribution in [0.2, 0.25) is 0 Å². The predicted octanol–water partition coefficient (Wildman–Crippen LogP) is 4.24. The van der Waals surface area contributed by atoms with E-state index in [0.29, 0.717) is 12.8 Å². The summed E-state index contributed by atoms with van der Waals surface area (Å²) in [6, 6.07) is 4.59. The third kappa shape index (κ3) is 5.48. The Hall–Kier alpha value is -3.52. The summed E-state index contributed by atoms with van der Waals surface area (Å²) in [6.07, 6.45) is -2.22. The monoisotopic (exact) mass is 569 g/mol. The number of allylic oxidation sites excluding steroid dienone is 1. The maximum absolute atomic E-state index is 14.4. The molecular formula is C25H24F5N5O3S. The summed E-state index contributed by atoms with van der Waals surface area (Å²) in [5, 5.41) is 2.63. The Bertz CT molecular complexity index is 1470. The van der Waals surface area contributed by atoms with Gasteiger partial charge in [-0.15, -0.1) is 0 Å². The number of nitrogens with zero attached hydrogens (tertiary/aromatic N) is 4. The molecule has 2 bridgehead atoms. The van der Waals surface area contributed by atoms with Gasteiger partial charge in [0.2, 0.25) is 21.8 Å². The SMILES string of the molecule is C=N/C(=N\C=C(/C)c1cc(CNC(=O)[C@@H]2C3CC(C)(C3)N2S(=O)(=O)c2ccc(F)cc2)ncc1F)C(F)(F)F. The number of sulfonamides is 1.